The van der Waals surface area contributed by atoms with Crippen molar-refractivity contribution in [1.29, 1.82) is 0 Å². The number of carboxylic acids is 1. The predicted molar refractivity (Wildman–Crippen MR) is 145 cm³/mol. The van der Waals surface area contributed by atoms with Crippen LogP contribution in [0.5, 0.6) is 5.75 Å². The van der Waals surface area contributed by atoms with E-state index in [2.05, 4.69) is 15.1 Å². The molecule has 1 saturated heterocycles. The number of fused-ring (bicyclic) bond motifs is 2. The molecule has 1 aliphatic heterocycles. The highest BCUT2D eigenvalue weighted by Crippen LogP contribution is 2.72. The number of ether oxygens (including phenoxy) is 1. The van der Waals surface area contributed by atoms with Crippen LogP contribution in [0.3, 0.4) is 0 Å². The van der Waals surface area contributed by atoms with Crippen LogP contribution in [0, 0.1) is 11.3 Å². The number of piperidine rings is 1. The van der Waals surface area contributed by atoms with Crippen molar-refractivity contribution in [2.45, 2.75) is 76.1 Å². The Morgan fingerprint density at radius 1 is 1.14 bits per heavy atom. The van der Waals surface area contributed by atoms with Gasteiger partial charge in [-0.05, 0) is 55.9 Å². The van der Waals surface area contributed by atoms with E-state index in [1.807, 2.05) is 0 Å². The number of likely N-dealkylation sites (tertiary alicyclic amines) is 1. The first kappa shape index (κ1) is 28.6. The van der Waals surface area contributed by atoms with Crippen LogP contribution in [0.1, 0.15) is 61.8 Å². The third-order valence-electron chi connectivity index (χ3n) is 9.28. The smallest absolute Gasteiger partial charge is 0.326 e. The maximum Gasteiger partial charge on any atom is 0.326 e. The summed E-state index contributed by atoms with van der Waals surface area (Å²) < 4.78 is 38.5. The van der Waals surface area contributed by atoms with Crippen molar-refractivity contribution in [1.82, 2.24) is 24.6 Å². The van der Waals surface area contributed by atoms with Crippen molar-refractivity contribution < 1.29 is 37.8 Å². The third-order valence-corrected chi connectivity index (χ3v) is 9.28. The molecule has 2 saturated carbocycles. The maximum absolute atomic E-state index is 15.7. The number of ketones is 1. The van der Waals surface area contributed by atoms with Gasteiger partial charge in [0.05, 0.1) is 11.1 Å². The largest absolute Gasteiger partial charge is 0.486 e. The lowest BCUT2D eigenvalue weighted by molar-refractivity contribution is -0.199. The van der Waals surface area contributed by atoms with Gasteiger partial charge in [-0.15, -0.1) is 0 Å². The highest BCUT2D eigenvalue weighted by atomic mass is 19.3. The number of rotatable bonds is 9. The predicted octanol–water partition coefficient (Wildman–Crippen LogP) is 2.73. The quantitative estimate of drug-likeness (QED) is 0.353. The summed E-state index contributed by atoms with van der Waals surface area (Å²) in [6.07, 6.45) is 2.84. The van der Waals surface area contributed by atoms with E-state index in [1.165, 1.54) is 11.6 Å². The number of benzene rings is 1. The number of hydrogen-bond acceptors (Lipinski definition) is 8. The summed E-state index contributed by atoms with van der Waals surface area (Å²) in [5, 5.41) is 14.7. The fourth-order valence-corrected chi connectivity index (χ4v) is 7.45. The number of hydrogen-bond donors (Lipinski definition) is 2. The molecule has 3 N–H and O–H groups in total. The molecule has 3 fully saturated rings. The van der Waals surface area contributed by atoms with Gasteiger partial charge in [-0.2, -0.15) is 5.10 Å². The molecule has 0 radical (unpaired) electrons. The van der Waals surface area contributed by atoms with Crippen LogP contribution in [-0.4, -0.2) is 70.8 Å². The molecule has 226 valence electrons. The number of carbonyl (C=O) groups is 4. The van der Waals surface area contributed by atoms with Gasteiger partial charge in [0.2, 0.25) is 11.8 Å². The lowest BCUT2D eigenvalue weighted by Crippen LogP contribution is -2.67. The normalized spacial score (nSPS) is 27.5. The minimum atomic E-state index is -3.51. The Morgan fingerprint density at radius 2 is 1.86 bits per heavy atom. The summed E-state index contributed by atoms with van der Waals surface area (Å²) in [6, 6.07) is 5.05. The van der Waals surface area contributed by atoms with E-state index in [9.17, 15) is 24.3 Å². The van der Waals surface area contributed by atoms with Crippen LogP contribution >= 0.6 is 0 Å². The molecule has 3 aliphatic rings. The van der Waals surface area contributed by atoms with Gasteiger partial charge >= 0.3 is 5.97 Å². The van der Waals surface area contributed by atoms with Gasteiger partial charge in [0.1, 0.15) is 36.1 Å². The molecule has 1 aromatic carbocycles. The number of nitrogens with two attached hydrogens (primary N) is 1. The van der Waals surface area contributed by atoms with Crippen molar-refractivity contribution in [2.24, 2.45) is 17.1 Å². The molecular weight excluding hydrogens is 566 g/mol. The molecule has 3 heterocycles. The monoisotopic (exact) mass is 596 g/mol. The van der Waals surface area contributed by atoms with E-state index in [0.29, 0.717) is 28.9 Å². The number of Topliss-reactive ketones (excluding diaryl/α,β-unsaturated/α-hetero) is 1. The molecule has 14 heteroatoms. The van der Waals surface area contributed by atoms with Gasteiger partial charge in [0.15, 0.2) is 11.6 Å². The number of carboxylic acid groups (broad SMARTS) is 1. The summed E-state index contributed by atoms with van der Waals surface area (Å²) in [5.74, 6) is -7.05. The van der Waals surface area contributed by atoms with Crippen LogP contribution in [-0.2, 0) is 27.5 Å². The van der Waals surface area contributed by atoms with E-state index in [-0.39, 0.29) is 38.0 Å². The van der Waals surface area contributed by atoms with Gasteiger partial charge in [0.25, 0.3) is 5.92 Å². The minimum absolute atomic E-state index is 0.0480. The molecular formula is C29H30F2N6O6. The first-order chi connectivity index (χ1) is 20.4. The number of aromatic nitrogens is 4. The average Bonchev–Trinajstić information content (AvgIpc) is 3.40. The van der Waals surface area contributed by atoms with Gasteiger partial charge in [-0.25, -0.2) is 23.5 Å². The Labute approximate surface area is 244 Å². The van der Waals surface area contributed by atoms with E-state index in [4.69, 9.17) is 10.5 Å². The van der Waals surface area contributed by atoms with Crippen LogP contribution < -0.4 is 10.5 Å². The molecule has 3 aromatic rings. The second-order valence-corrected chi connectivity index (χ2v) is 11.6. The summed E-state index contributed by atoms with van der Waals surface area (Å²) in [4.78, 5) is 60.9. The van der Waals surface area contributed by atoms with Crippen molar-refractivity contribution >= 4 is 34.5 Å². The Bertz CT molecular complexity index is 1650. The minimum Gasteiger partial charge on any atom is -0.486 e. The second-order valence-electron chi connectivity index (χ2n) is 11.6. The lowest BCUT2D eigenvalue weighted by atomic mass is 9.63. The van der Waals surface area contributed by atoms with E-state index >= 15 is 8.78 Å². The molecule has 1 unspecified atom stereocenters. The zero-order chi connectivity index (χ0) is 30.7. The number of nitrogens with zero attached hydrogens (tertiary/aromatic N) is 5. The number of aliphatic carboxylic acids is 1. The lowest BCUT2D eigenvalue weighted by Gasteiger charge is -2.50. The SMILES string of the molecule is CC(=O)c1nn(CC(=O)N2[C@H](C(=O)O)C[C@H]3C[C@@]32C2(C(N)=O)CCCCC2(F)F)c2ccc(OCc3ncccn3)cc12. The third kappa shape index (κ3) is 4.25. The molecule has 12 nitrogen and oxygen atoms in total. The van der Waals surface area contributed by atoms with Crippen LogP contribution in [0.2, 0.25) is 0 Å². The van der Waals surface area contributed by atoms with Crippen molar-refractivity contribution in [3.05, 3.63) is 48.2 Å². The van der Waals surface area contributed by atoms with E-state index in [1.54, 1.807) is 36.7 Å². The maximum atomic E-state index is 15.7. The van der Waals surface area contributed by atoms with Crippen molar-refractivity contribution in [3.8, 4) is 5.75 Å². The van der Waals surface area contributed by atoms with Crippen LogP contribution in [0.15, 0.2) is 36.7 Å². The second kappa shape index (κ2) is 10.1. The summed E-state index contributed by atoms with van der Waals surface area (Å²) in [6.45, 7) is 0.835. The first-order valence-corrected chi connectivity index (χ1v) is 14.1. The molecule has 2 aromatic heterocycles. The van der Waals surface area contributed by atoms with Gasteiger partial charge in [-0.1, -0.05) is 6.42 Å². The van der Waals surface area contributed by atoms with Crippen molar-refractivity contribution in [2.75, 3.05) is 0 Å². The summed E-state index contributed by atoms with van der Waals surface area (Å²) >= 11 is 0. The summed E-state index contributed by atoms with van der Waals surface area (Å²) in [7, 11) is 0. The zero-order valence-electron chi connectivity index (χ0n) is 23.3. The van der Waals surface area contributed by atoms with E-state index in [0.717, 1.165) is 4.90 Å². The Balaban J connectivity index is 1.36. The first-order valence-electron chi connectivity index (χ1n) is 14.1. The molecule has 0 spiro atoms. The Morgan fingerprint density at radius 3 is 2.51 bits per heavy atom. The standard InChI is InChI=1S/C29H30F2N6O6/c1-16(38)24-19-12-18(43-15-22-33-9-4-10-34-22)5-6-20(19)36(35-24)14-23(39)37-21(25(40)41)11-17-13-28(17,37)27(26(32)42)7-2-3-8-29(27,30)31/h4-6,9-10,12,17,21H,2-3,7-8,11,13-15H2,1H3,(H2,32,42)(H,40,41)/t17-,21-,27?,28-/m0/s1. The topological polar surface area (TPSA) is 171 Å². The van der Waals surface area contributed by atoms with Crippen LogP contribution in [0.4, 0.5) is 8.78 Å². The van der Waals surface area contributed by atoms with Gasteiger partial charge in [0, 0.05) is 31.1 Å². The van der Waals surface area contributed by atoms with Crippen LogP contribution in [0.25, 0.3) is 10.9 Å². The summed E-state index contributed by atoms with van der Waals surface area (Å²) in [5.41, 5.74) is 2.05. The molecule has 43 heavy (non-hydrogen) atoms. The average molecular weight is 597 g/mol. The zero-order valence-corrected chi connectivity index (χ0v) is 23.3. The molecule has 4 atom stereocenters. The molecule has 0 bridgehead atoms. The Kier molecular flexibility index (Phi) is 6.69. The number of primary amides is 1. The molecule has 2 amide bonds. The fraction of sp³-hybridized carbons (Fsp3) is 0.483. The Hall–Kier alpha value is -4.49. The number of carbonyl (C=O) groups excluding carboxylic acids is 3. The number of amides is 2. The fourth-order valence-electron chi connectivity index (χ4n) is 7.45. The van der Waals surface area contributed by atoms with E-state index < -0.39 is 65.4 Å². The van der Waals surface area contributed by atoms with Gasteiger partial charge < -0.3 is 20.5 Å². The molecule has 2 aliphatic carbocycles. The highest BCUT2D eigenvalue weighted by molar-refractivity contribution is 6.05. The molecule has 6 rings (SSSR count). The number of alkyl halides is 2. The van der Waals surface area contributed by atoms with Gasteiger partial charge in [-0.3, -0.25) is 19.1 Å². The highest BCUT2D eigenvalue weighted by Gasteiger charge is 2.83. The van der Waals surface area contributed by atoms with Crippen molar-refractivity contribution in [3.63, 3.8) is 0 Å². The number of halogens is 2.